The van der Waals surface area contributed by atoms with E-state index < -0.39 is 10.0 Å². The largest absolute Gasteiger partial charge is 0.360 e. The topological polar surface area (TPSA) is 114 Å². The molecule has 2 aromatic heterocycles. The van der Waals surface area contributed by atoms with Gasteiger partial charge in [-0.25, -0.2) is 22.9 Å². The van der Waals surface area contributed by atoms with E-state index in [9.17, 15) is 13.2 Å². The van der Waals surface area contributed by atoms with Crippen molar-refractivity contribution in [3.63, 3.8) is 0 Å². The summed E-state index contributed by atoms with van der Waals surface area (Å²) >= 11 is 0. The molecule has 0 unspecified atom stereocenters. The van der Waals surface area contributed by atoms with Gasteiger partial charge in [0.05, 0.1) is 5.69 Å². The third-order valence-corrected chi connectivity index (χ3v) is 7.85. The zero-order valence-electron chi connectivity index (χ0n) is 17.3. The molecule has 1 aliphatic heterocycles. The summed E-state index contributed by atoms with van der Waals surface area (Å²) in [5.41, 5.74) is 1.92. The van der Waals surface area contributed by atoms with Crippen LogP contribution in [0.1, 0.15) is 35.7 Å². The fraction of sp³-hybridized carbons (Fsp3) is 0.450. The van der Waals surface area contributed by atoms with Crippen molar-refractivity contribution in [1.29, 1.82) is 0 Å². The number of aromatic nitrogens is 4. The number of nitrogens with one attached hydrogen (secondary N) is 1. The Labute approximate surface area is 174 Å². The first-order valence-electron chi connectivity index (χ1n) is 9.94. The molecule has 0 atom stereocenters. The molecule has 3 aromatic rings. The van der Waals surface area contributed by atoms with Crippen molar-refractivity contribution >= 4 is 10.0 Å². The third kappa shape index (κ3) is 3.61. The number of aromatic amines is 1. The Balaban J connectivity index is 1.49. The van der Waals surface area contributed by atoms with Crippen LogP contribution in [0.5, 0.6) is 0 Å². The molecule has 9 nitrogen and oxygen atoms in total. The molecule has 3 heterocycles. The Bertz CT molecular complexity index is 1200. The van der Waals surface area contributed by atoms with E-state index in [1.165, 1.54) is 4.31 Å². The number of benzene rings is 1. The van der Waals surface area contributed by atoms with Crippen molar-refractivity contribution in [1.82, 2.24) is 24.2 Å². The summed E-state index contributed by atoms with van der Waals surface area (Å²) in [5.74, 6) is 1.22. The van der Waals surface area contributed by atoms with Gasteiger partial charge in [0.2, 0.25) is 10.0 Å². The molecule has 0 aliphatic carbocycles. The van der Waals surface area contributed by atoms with Crippen LogP contribution in [0.4, 0.5) is 0 Å². The summed E-state index contributed by atoms with van der Waals surface area (Å²) in [7, 11) is -3.63. The summed E-state index contributed by atoms with van der Waals surface area (Å²) in [6.45, 7) is 6.03. The Morgan fingerprint density at radius 2 is 1.87 bits per heavy atom. The zero-order valence-corrected chi connectivity index (χ0v) is 18.1. The van der Waals surface area contributed by atoms with Crippen molar-refractivity contribution in [2.24, 2.45) is 5.92 Å². The standard InChI is InChI=1S/C20H25N5O4S/c1-13-6-4-5-7-17(13)25-18(21-22-20(25)26)12-16-8-10-24(11-9-16)30(27,28)19-14(2)23-29-15(19)3/h4-7,16H,8-12H2,1-3H3,(H,22,26). The maximum absolute atomic E-state index is 13.0. The smallest absolute Gasteiger partial charge is 0.347 e. The number of piperidine rings is 1. The Kier molecular flexibility index (Phi) is 5.37. The van der Waals surface area contributed by atoms with Crippen LogP contribution < -0.4 is 5.69 Å². The Morgan fingerprint density at radius 3 is 2.50 bits per heavy atom. The van der Waals surface area contributed by atoms with Crippen LogP contribution in [-0.4, -0.2) is 45.7 Å². The molecule has 0 spiro atoms. The van der Waals surface area contributed by atoms with Gasteiger partial charge in [-0.15, -0.1) is 0 Å². The zero-order chi connectivity index (χ0) is 21.5. The van der Waals surface area contributed by atoms with E-state index in [0.29, 0.717) is 49.6 Å². The molecule has 1 saturated heterocycles. The number of para-hydroxylation sites is 1. The van der Waals surface area contributed by atoms with E-state index in [2.05, 4.69) is 15.4 Å². The highest BCUT2D eigenvalue weighted by molar-refractivity contribution is 7.89. The molecule has 1 aliphatic rings. The van der Waals surface area contributed by atoms with Crippen LogP contribution in [0, 0.1) is 26.7 Å². The summed E-state index contributed by atoms with van der Waals surface area (Å²) in [6.07, 6.45) is 1.99. The molecule has 4 rings (SSSR count). The van der Waals surface area contributed by atoms with Gasteiger partial charge in [0, 0.05) is 19.5 Å². The molecule has 0 saturated carbocycles. The Morgan fingerprint density at radius 1 is 1.17 bits per heavy atom. The highest BCUT2D eigenvalue weighted by atomic mass is 32.2. The first kappa shape index (κ1) is 20.5. The van der Waals surface area contributed by atoms with Crippen molar-refractivity contribution in [2.45, 2.75) is 44.9 Å². The fourth-order valence-electron chi connectivity index (χ4n) is 4.11. The minimum atomic E-state index is -3.63. The summed E-state index contributed by atoms with van der Waals surface area (Å²) in [6, 6.07) is 7.67. The van der Waals surface area contributed by atoms with Gasteiger partial charge in [-0.05, 0) is 51.2 Å². The van der Waals surface area contributed by atoms with E-state index in [4.69, 9.17) is 4.52 Å². The maximum atomic E-state index is 13.0. The number of sulfonamides is 1. The summed E-state index contributed by atoms with van der Waals surface area (Å²) in [5, 5.41) is 10.6. The molecule has 160 valence electrons. The van der Waals surface area contributed by atoms with Crippen LogP contribution >= 0.6 is 0 Å². The highest BCUT2D eigenvalue weighted by Gasteiger charge is 2.34. The first-order valence-corrected chi connectivity index (χ1v) is 11.4. The number of hydrogen-bond acceptors (Lipinski definition) is 6. The fourth-order valence-corrected chi connectivity index (χ4v) is 5.87. The minimum absolute atomic E-state index is 0.168. The average molecular weight is 432 g/mol. The molecule has 0 radical (unpaired) electrons. The minimum Gasteiger partial charge on any atom is -0.360 e. The first-order chi connectivity index (χ1) is 14.3. The second-order valence-corrected chi connectivity index (χ2v) is 9.65. The van der Waals surface area contributed by atoms with Gasteiger partial charge in [-0.3, -0.25) is 0 Å². The second kappa shape index (κ2) is 7.84. The molecular formula is C20H25N5O4S. The number of rotatable bonds is 5. The van der Waals surface area contributed by atoms with Gasteiger partial charge < -0.3 is 4.52 Å². The predicted octanol–water partition coefficient (Wildman–Crippen LogP) is 2.12. The van der Waals surface area contributed by atoms with Crippen LogP contribution in [0.3, 0.4) is 0 Å². The number of hydrogen-bond donors (Lipinski definition) is 1. The van der Waals surface area contributed by atoms with Crippen molar-refractivity contribution in [3.05, 3.63) is 57.6 Å². The van der Waals surface area contributed by atoms with E-state index >= 15 is 0 Å². The highest BCUT2D eigenvalue weighted by Crippen LogP contribution is 2.29. The van der Waals surface area contributed by atoms with Crippen molar-refractivity contribution < 1.29 is 12.9 Å². The lowest BCUT2D eigenvalue weighted by Crippen LogP contribution is -2.39. The van der Waals surface area contributed by atoms with Crippen LogP contribution in [0.25, 0.3) is 5.69 Å². The van der Waals surface area contributed by atoms with Gasteiger partial charge >= 0.3 is 5.69 Å². The SMILES string of the molecule is Cc1ccccc1-n1c(CC2CCN(S(=O)(=O)c3c(C)noc3C)CC2)n[nH]c1=O. The lowest BCUT2D eigenvalue weighted by atomic mass is 9.94. The molecule has 1 aromatic carbocycles. The average Bonchev–Trinajstić information content (AvgIpc) is 3.24. The second-order valence-electron chi connectivity index (χ2n) is 7.77. The predicted molar refractivity (Wildman–Crippen MR) is 110 cm³/mol. The van der Waals surface area contributed by atoms with E-state index in [1.54, 1.807) is 18.4 Å². The molecule has 30 heavy (non-hydrogen) atoms. The molecular weight excluding hydrogens is 406 g/mol. The lowest BCUT2D eigenvalue weighted by molar-refractivity contribution is 0.269. The molecule has 1 fully saturated rings. The summed E-state index contributed by atoms with van der Waals surface area (Å²) in [4.78, 5) is 12.5. The van der Waals surface area contributed by atoms with Gasteiger partial charge in [0.1, 0.15) is 16.4 Å². The molecule has 1 N–H and O–H groups in total. The van der Waals surface area contributed by atoms with E-state index in [0.717, 1.165) is 11.3 Å². The molecule has 0 bridgehead atoms. The van der Waals surface area contributed by atoms with E-state index in [-0.39, 0.29) is 16.5 Å². The van der Waals surface area contributed by atoms with Crippen LogP contribution in [0.2, 0.25) is 0 Å². The van der Waals surface area contributed by atoms with Crippen LogP contribution in [0.15, 0.2) is 38.5 Å². The quantitative estimate of drug-likeness (QED) is 0.662. The van der Waals surface area contributed by atoms with Crippen molar-refractivity contribution in [2.75, 3.05) is 13.1 Å². The Hall–Kier alpha value is -2.72. The third-order valence-electron chi connectivity index (χ3n) is 5.71. The van der Waals surface area contributed by atoms with Gasteiger partial charge in [0.15, 0.2) is 5.76 Å². The summed E-state index contributed by atoms with van der Waals surface area (Å²) < 4.78 is 34.1. The van der Waals surface area contributed by atoms with Crippen molar-refractivity contribution in [3.8, 4) is 5.69 Å². The van der Waals surface area contributed by atoms with Crippen LogP contribution in [-0.2, 0) is 16.4 Å². The monoisotopic (exact) mass is 431 g/mol. The van der Waals surface area contributed by atoms with Gasteiger partial charge in [0.25, 0.3) is 0 Å². The van der Waals surface area contributed by atoms with E-state index in [1.807, 2.05) is 31.2 Å². The normalized spacial score (nSPS) is 16.2. The number of aryl methyl sites for hydroxylation is 3. The lowest BCUT2D eigenvalue weighted by Gasteiger charge is -2.31. The molecule has 0 amide bonds. The number of nitrogens with zero attached hydrogens (tertiary/aromatic N) is 4. The molecule has 10 heteroatoms. The van der Waals surface area contributed by atoms with Gasteiger partial charge in [-0.1, -0.05) is 23.4 Å². The van der Waals surface area contributed by atoms with Gasteiger partial charge in [-0.2, -0.15) is 9.40 Å². The maximum Gasteiger partial charge on any atom is 0.347 e. The number of H-pyrrole nitrogens is 1.